The van der Waals surface area contributed by atoms with Gasteiger partial charge in [-0.1, -0.05) is 18.2 Å². The molecule has 110 valence electrons. The summed E-state index contributed by atoms with van der Waals surface area (Å²) in [4.78, 5) is 25.6. The summed E-state index contributed by atoms with van der Waals surface area (Å²) in [5.74, 6) is -0.937. The summed E-state index contributed by atoms with van der Waals surface area (Å²) in [6.07, 6.45) is 0.498. The first-order valence-corrected chi connectivity index (χ1v) is 6.99. The van der Waals surface area contributed by atoms with E-state index in [1.165, 1.54) is 0 Å². The van der Waals surface area contributed by atoms with Crippen LogP contribution < -0.4 is 0 Å². The fraction of sp³-hybridized carbons (Fsp3) is 0.375. The topological polar surface area (TPSA) is 62.5 Å². The normalized spacial score (nSPS) is 21.9. The number of hydrogen-bond acceptors (Lipinski definition) is 2. The Hall–Kier alpha value is -2.30. The number of rotatable bonds is 2. The maximum absolute atomic E-state index is 12.7. The first-order chi connectivity index (χ1) is 9.92. The Morgan fingerprint density at radius 2 is 2.00 bits per heavy atom. The number of para-hydroxylation sites is 1. The molecule has 5 nitrogen and oxygen atoms in total. The highest BCUT2D eigenvalue weighted by molar-refractivity contribution is 5.99. The summed E-state index contributed by atoms with van der Waals surface area (Å²) < 4.78 is 1.87. The zero-order chi connectivity index (χ0) is 15.2. The average molecular weight is 286 g/mol. The van der Waals surface area contributed by atoms with Gasteiger partial charge in [-0.15, -0.1) is 0 Å². The Morgan fingerprint density at radius 3 is 2.62 bits per heavy atom. The van der Waals surface area contributed by atoms with E-state index in [4.69, 9.17) is 0 Å². The molecule has 0 bridgehead atoms. The predicted molar refractivity (Wildman–Crippen MR) is 79.2 cm³/mol. The summed E-state index contributed by atoms with van der Waals surface area (Å²) in [6.45, 7) is 2.45. The largest absolute Gasteiger partial charge is 0.481 e. The molecular weight excluding hydrogens is 268 g/mol. The van der Waals surface area contributed by atoms with Gasteiger partial charge in [0, 0.05) is 31.0 Å². The van der Waals surface area contributed by atoms with Crippen molar-refractivity contribution in [1.29, 1.82) is 0 Å². The lowest BCUT2D eigenvalue weighted by atomic mass is 9.90. The highest BCUT2D eigenvalue weighted by atomic mass is 16.4. The molecule has 21 heavy (non-hydrogen) atoms. The zero-order valence-corrected chi connectivity index (χ0v) is 12.2. The molecule has 2 heterocycles. The van der Waals surface area contributed by atoms with E-state index in [0.29, 0.717) is 18.7 Å². The number of amides is 1. The molecule has 5 heteroatoms. The van der Waals surface area contributed by atoms with E-state index in [2.05, 4.69) is 0 Å². The number of aryl methyl sites for hydroxylation is 1. The minimum Gasteiger partial charge on any atom is -0.481 e. The Balaban J connectivity index is 1.92. The Kier molecular flexibility index (Phi) is 3.01. The van der Waals surface area contributed by atoms with E-state index in [9.17, 15) is 14.7 Å². The lowest BCUT2D eigenvalue weighted by molar-refractivity contribution is -0.147. The molecule has 0 radical (unpaired) electrons. The smallest absolute Gasteiger partial charge is 0.311 e. The maximum atomic E-state index is 12.7. The van der Waals surface area contributed by atoms with Crippen LogP contribution in [0, 0.1) is 5.41 Å². The van der Waals surface area contributed by atoms with E-state index >= 15 is 0 Å². The molecule has 1 atom stereocenters. The van der Waals surface area contributed by atoms with Crippen molar-refractivity contribution < 1.29 is 14.7 Å². The minimum atomic E-state index is -0.838. The summed E-state index contributed by atoms with van der Waals surface area (Å²) in [7, 11) is 1.86. The molecule has 1 aromatic carbocycles. The Morgan fingerprint density at radius 1 is 1.29 bits per heavy atom. The second kappa shape index (κ2) is 4.62. The number of aliphatic carboxylic acids is 1. The van der Waals surface area contributed by atoms with E-state index in [1.807, 2.05) is 41.9 Å². The second-order valence-corrected chi connectivity index (χ2v) is 5.99. The summed E-state index contributed by atoms with van der Waals surface area (Å²) in [6, 6.07) is 9.69. The molecule has 0 spiro atoms. The van der Waals surface area contributed by atoms with Crippen molar-refractivity contribution in [2.75, 3.05) is 13.1 Å². The third-order valence-corrected chi connectivity index (χ3v) is 4.45. The first-order valence-electron chi connectivity index (χ1n) is 6.99. The van der Waals surface area contributed by atoms with Crippen LogP contribution in [0.15, 0.2) is 30.3 Å². The van der Waals surface area contributed by atoms with Gasteiger partial charge in [-0.3, -0.25) is 9.59 Å². The molecule has 0 unspecified atom stereocenters. The zero-order valence-electron chi connectivity index (χ0n) is 12.2. The molecule has 3 rings (SSSR count). The number of carbonyl (C=O) groups excluding carboxylic acids is 1. The fourth-order valence-corrected chi connectivity index (χ4v) is 2.97. The van der Waals surface area contributed by atoms with E-state index < -0.39 is 11.4 Å². The quantitative estimate of drug-likeness (QED) is 0.919. The van der Waals surface area contributed by atoms with Crippen molar-refractivity contribution in [3.8, 4) is 0 Å². The van der Waals surface area contributed by atoms with Crippen molar-refractivity contribution in [2.45, 2.75) is 13.3 Å². The van der Waals surface area contributed by atoms with Crippen LogP contribution >= 0.6 is 0 Å². The van der Waals surface area contributed by atoms with Crippen LogP contribution in [0.4, 0.5) is 0 Å². The summed E-state index contributed by atoms with van der Waals surface area (Å²) in [5.41, 5.74) is 0.771. The van der Waals surface area contributed by atoms with Crippen molar-refractivity contribution in [1.82, 2.24) is 9.47 Å². The molecule has 1 N–H and O–H groups in total. The molecule has 1 aliphatic heterocycles. The van der Waals surface area contributed by atoms with Crippen LogP contribution in [-0.2, 0) is 11.8 Å². The number of likely N-dealkylation sites (tertiary alicyclic amines) is 1. The van der Waals surface area contributed by atoms with Gasteiger partial charge in [-0.05, 0) is 25.5 Å². The number of carboxylic acids is 1. The number of carboxylic acid groups (broad SMARTS) is 1. The maximum Gasteiger partial charge on any atom is 0.311 e. The number of fused-ring (bicyclic) bond motifs is 1. The number of aromatic nitrogens is 1. The number of carbonyl (C=O) groups is 2. The van der Waals surface area contributed by atoms with Gasteiger partial charge in [0.2, 0.25) is 0 Å². The van der Waals surface area contributed by atoms with Gasteiger partial charge in [-0.25, -0.2) is 0 Å². The molecule has 1 aromatic heterocycles. The highest BCUT2D eigenvalue weighted by Gasteiger charge is 2.42. The van der Waals surface area contributed by atoms with Crippen molar-refractivity contribution in [3.05, 3.63) is 36.0 Å². The van der Waals surface area contributed by atoms with Crippen molar-refractivity contribution in [3.63, 3.8) is 0 Å². The van der Waals surface area contributed by atoms with E-state index in [1.54, 1.807) is 11.8 Å². The lowest BCUT2D eigenvalue weighted by Crippen LogP contribution is -2.35. The molecule has 1 fully saturated rings. The first kappa shape index (κ1) is 13.7. The molecule has 0 saturated carbocycles. The highest BCUT2D eigenvalue weighted by Crippen LogP contribution is 2.31. The third kappa shape index (κ3) is 2.09. The lowest BCUT2D eigenvalue weighted by Gasteiger charge is -2.20. The van der Waals surface area contributed by atoms with Crippen LogP contribution in [0.25, 0.3) is 10.9 Å². The summed E-state index contributed by atoms with van der Waals surface area (Å²) >= 11 is 0. The summed E-state index contributed by atoms with van der Waals surface area (Å²) in [5, 5.41) is 10.3. The number of benzene rings is 1. The molecule has 2 aromatic rings. The van der Waals surface area contributed by atoms with Gasteiger partial charge < -0.3 is 14.6 Å². The van der Waals surface area contributed by atoms with Gasteiger partial charge >= 0.3 is 5.97 Å². The third-order valence-electron chi connectivity index (χ3n) is 4.45. The van der Waals surface area contributed by atoms with E-state index in [0.717, 1.165) is 10.9 Å². The minimum absolute atomic E-state index is 0.0984. The number of hydrogen-bond donors (Lipinski definition) is 1. The van der Waals surface area contributed by atoms with Gasteiger partial charge in [0.05, 0.1) is 5.41 Å². The van der Waals surface area contributed by atoms with Crippen molar-refractivity contribution in [2.24, 2.45) is 12.5 Å². The van der Waals surface area contributed by atoms with Crippen LogP contribution in [-0.4, -0.2) is 39.5 Å². The molecule has 1 aliphatic rings. The van der Waals surface area contributed by atoms with E-state index in [-0.39, 0.29) is 12.5 Å². The van der Waals surface area contributed by atoms with Crippen LogP contribution in [0.3, 0.4) is 0 Å². The average Bonchev–Trinajstić information content (AvgIpc) is 3.01. The van der Waals surface area contributed by atoms with Crippen LogP contribution in [0.2, 0.25) is 0 Å². The molecule has 1 amide bonds. The molecule has 0 aliphatic carbocycles. The number of nitrogens with zero attached hydrogens (tertiary/aromatic N) is 2. The molecular formula is C16H18N2O3. The standard InChI is InChI=1S/C16H18N2O3/c1-16(15(20)21)7-8-18(10-16)14(19)13-9-11-5-3-4-6-12(11)17(13)2/h3-6,9H,7-8,10H2,1-2H3,(H,20,21)/t16-/m0/s1. The predicted octanol–water partition coefficient (Wildman–Crippen LogP) is 2.12. The van der Waals surface area contributed by atoms with Gasteiger partial charge in [0.1, 0.15) is 5.69 Å². The van der Waals surface area contributed by atoms with Crippen LogP contribution in [0.1, 0.15) is 23.8 Å². The Labute approximate surface area is 122 Å². The Bertz CT molecular complexity index is 734. The monoisotopic (exact) mass is 286 g/mol. The van der Waals surface area contributed by atoms with Gasteiger partial charge in [0.15, 0.2) is 0 Å². The van der Waals surface area contributed by atoms with Crippen LogP contribution in [0.5, 0.6) is 0 Å². The van der Waals surface area contributed by atoms with Crippen molar-refractivity contribution >= 4 is 22.8 Å². The van der Waals surface area contributed by atoms with Gasteiger partial charge in [-0.2, -0.15) is 0 Å². The SMILES string of the molecule is Cn1c(C(=O)N2CC[C@](C)(C(=O)O)C2)cc2ccccc21. The van der Waals surface area contributed by atoms with Gasteiger partial charge in [0.25, 0.3) is 5.91 Å². The second-order valence-electron chi connectivity index (χ2n) is 5.99. The molecule has 1 saturated heterocycles. The fourth-order valence-electron chi connectivity index (χ4n) is 2.97.